The predicted molar refractivity (Wildman–Crippen MR) is 126 cm³/mol. The van der Waals surface area contributed by atoms with Crippen molar-refractivity contribution in [2.45, 2.75) is 43.7 Å². The van der Waals surface area contributed by atoms with Crippen LogP contribution in [0.25, 0.3) is 0 Å². The molecule has 0 saturated carbocycles. The van der Waals surface area contributed by atoms with Crippen molar-refractivity contribution in [3.63, 3.8) is 0 Å². The second-order valence-electron chi connectivity index (χ2n) is 9.46. The van der Waals surface area contributed by atoms with Gasteiger partial charge < -0.3 is 14.5 Å². The van der Waals surface area contributed by atoms with Crippen LogP contribution in [0.1, 0.15) is 31.2 Å². The molecule has 1 spiro atoms. The zero-order valence-electron chi connectivity index (χ0n) is 18.9. The van der Waals surface area contributed by atoms with E-state index in [0.717, 1.165) is 77.1 Å². The second kappa shape index (κ2) is 9.59. The average molecular weight is 435 g/mol. The summed E-state index contributed by atoms with van der Waals surface area (Å²) in [5.74, 6) is 0.206. The first-order chi connectivity index (χ1) is 15.7. The molecular weight excluding hydrogens is 400 g/mol. The van der Waals surface area contributed by atoms with Crippen molar-refractivity contribution >= 4 is 11.6 Å². The van der Waals surface area contributed by atoms with Crippen LogP contribution in [0, 0.1) is 0 Å². The summed E-state index contributed by atoms with van der Waals surface area (Å²) in [6, 6.07) is 15.2. The van der Waals surface area contributed by atoms with E-state index in [1.165, 1.54) is 5.69 Å². The summed E-state index contributed by atoms with van der Waals surface area (Å²) in [6.45, 7) is 6.85. The Kier molecular flexibility index (Phi) is 6.42. The maximum atomic E-state index is 12.7. The Hall–Kier alpha value is -2.44. The molecule has 5 rings (SSSR count). The molecule has 6 nitrogen and oxygen atoms in total. The van der Waals surface area contributed by atoms with E-state index in [9.17, 15) is 4.79 Å². The lowest BCUT2D eigenvalue weighted by atomic mass is 9.81. The molecule has 0 bridgehead atoms. The number of amides is 1. The van der Waals surface area contributed by atoms with E-state index in [1.807, 2.05) is 17.0 Å². The number of rotatable bonds is 4. The van der Waals surface area contributed by atoms with E-state index in [4.69, 9.17) is 4.74 Å². The number of pyridine rings is 1. The minimum atomic E-state index is -0.0510. The number of anilines is 1. The fourth-order valence-corrected chi connectivity index (χ4v) is 5.60. The summed E-state index contributed by atoms with van der Waals surface area (Å²) < 4.78 is 6.38. The maximum absolute atomic E-state index is 12.7. The number of aromatic nitrogens is 1. The molecule has 1 atom stereocenters. The number of carbonyl (C=O) groups excluding carboxylic acids is 1. The topological polar surface area (TPSA) is 48.9 Å². The van der Waals surface area contributed by atoms with Gasteiger partial charge in [-0.25, -0.2) is 0 Å². The molecule has 2 aromatic rings. The largest absolute Gasteiger partial charge is 0.375 e. The Morgan fingerprint density at radius 1 is 1.00 bits per heavy atom. The van der Waals surface area contributed by atoms with Gasteiger partial charge in [-0.1, -0.05) is 24.3 Å². The molecule has 1 aromatic heterocycles. The average Bonchev–Trinajstić information content (AvgIpc) is 2.86. The summed E-state index contributed by atoms with van der Waals surface area (Å²) in [4.78, 5) is 24.1. The van der Waals surface area contributed by atoms with Crippen LogP contribution in [0.2, 0.25) is 0 Å². The molecule has 0 radical (unpaired) electrons. The van der Waals surface area contributed by atoms with E-state index in [0.29, 0.717) is 12.5 Å². The Morgan fingerprint density at radius 3 is 2.50 bits per heavy atom. The monoisotopic (exact) mass is 434 g/mol. The van der Waals surface area contributed by atoms with Crippen LogP contribution in [-0.2, 0) is 16.0 Å². The van der Waals surface area contributed by atoms with E-state index >= 15 is 0 Å². The van der Waals surface area contributed by atoms with Gasteiger partial charge in [0.15, 0.2) is 0 Å². The first kappa shape index (κ1) is 21.4. The van der Waals surface area contributed by atoms with Crippen molar-refractivity contribution in [3.05, 3.63) is 60.4 Å². The van der Waals surface area contributed by atoms with Crippen LogP contribution >= 0.6 is 0 Å². The number of benzene rings is 1. The van der Waals surface area contributed by atoms with Gasteiger partial charge in [0.1, 0.15) is 0 Å². The van der Waals surface area contributed by atoms with Gasteiger partial charge in [-0.15, -0.1) is 0 Å². The van der Waals surface area contributed by atoms with Gasteiger partial charge in [-0.2, -0.15) is 0 Å². The number of hydrogen-bond donors (Lipinski definition) is 0. The highest BCUT2D eigenvalue weighted by molar-refractivity contribution is 5.78. The lowest BCUT2D eigenvalue weighted by Gasteiger charge is -2.50. The SMILES string of the molecule is O=C(Cc1cccnc1)N1CCC2(CC1)C[C@@H](N1CCN(c3ccccc3)CC1)CCO2. The van der Waals surface area contributed by atoms with Gasteiger partial charge in [-0.3, -0.25) is 14.7 Å². The van der Waals surface area contributed by atoms with Gasteiger partial charge in [0, 0.05) is 70.0 Å². The third-order valence-corrected chi connectivity index (χ3v) is 7.52. The van der Waals surface area contributed by atoms with Crippen molar-refractivity contribution in [1.29, 1.82) is 0 Å². The fourth-order valence-electron chi connectivity index (χ4n) is 5.60. The number of para-hydroxylation sites is 1. The normalized spacial score (nSPS) is 23.9. The number of piperazine rings is 1. The van der Waals surface area contributed by atoms with Crippen molar-refractivity contribution in [3.8, 4) is 0 Å². The quantitative estimate of drug-likeness (QED) is 0.741. The number of ether oxygens (including phenoxy) is 1. The third-order valence-electron chi connectivity index (χ3n) is 7.52. The lowest BCUT2D eigenvalue weighted by Crippen LogP contribution is -2.57. The first-order valence-electron chi connectivity index (χ1n) is 12.1. The Balaban J connectivity index is 1.12. The number of piperidine rings is 1. The summed E-state index contributed by atoms with van der Waals surface area (Å²) in [5.41, 5.74) is 2.27. The molecule has 3 fully saturated rings. The van der Waals surface area contributed by atoms with Crippen LogP contribution in [-0.4, -0.2) is 78.2 Å². The van der Waals surface area contributed by atoms with E-state index in [1.54, 1.807) is 12.4 Å². The molecule has 1 aromatic carbocycles. The highest BCUT2D eigenvalue weighted by Crippen LogP contribution is 2.37. The molecule has 3 aliphatic rings. The van der Waals surface area contributed by atoms with E-state index in [2.05, 4.69) is 45.1 Å². The van der Waals surface area contributed by atoms with Gasteiger partial charge in [0.05, 0.1) is 12.0 Å². The van der Waals surface area contributed by atoms with Crippen molar-refractivity contribution in [2.24, 2.45) is 0 Å². The Bertz CT molecular complexity index is 875. The standard InChI is InChI=1S/C26H34N4O2/c31-25(19-22-5-4-11-27-21-22)30-12-9-26(10-13-30)20-24(8-18-32-26)29-16-14-28(15-17-29)23-6-2-1-3-7-23/h1-7,11,21,24H,8-10,12-20H2/t24-/m0/s1. The molecule has 3 aliphatic heterocycles. The van der Waals surface area contributed by atoms with Crippen LogP contribution in [0.3, 0.4) is 0 Å². The molecule has 3 saturated heterocycles. The Labute approximate surface area is 191 Å². The number of likely N-dealkylation sites (tertiary alicyclic amines) is 1. The Morgan fingerprint density at radius 2 is 1.78 bits per heavy atom. The third kappa shape index (κ3) is 4.81. The van der Waals surface area contributed by atoms with Crippen molar-refractivity contribution in [1.82, 2.24) is 14.8 Å². The number of hydrogen-bond acceptors (Lipinski definition) is 5. The van der Waals surface area contributed by atoms with Gasteiger partial charge in [0.2, 0.25) is 5.91 Å². The summed E-state index contributed by atoms with van der Waals surface area (Å²) in [7, 11) is 0. The zero-order chi connectivity index (χ0) is 21.8. The zero-order valence-corrected chi connectivity index (χ0v) is 18.9. The summed E-state index contributed by atoms with van der Waals surface area (Å²) >= 11 is 0. The lowest BCUT2D eigenvalue weighted by molar-refractivity contribution is -0.148. The molecule has 0 unspecified atom stereocenters. The van der Waals surface area contributed by atoms with Crippen LogP contribution in [0.15, 0.2) is 54.9 Å². The summed E-state index contributed by atoms with van der Waals surface area (Å²) in [5, 5.41) is 0. The molecule has 1 amide bonds. The van der Waals surface area contributed by atoms with Crippen molar-refractivity contribution in [2.75, 3.05) is 50.8 Å². The number of carbonyl (C=O) groups is 1. The molecule has 170 valence electrons. The predicted octanol–water partition coefficient (Wildman–Crippen LogP) is 2.99. The van der Waals surface area contributed by atoms with Crippen LogP contribution in [0.5, 0.6) is 0 Å². The molecule has 0 aliphatic carbocycles. The molecular formula is C26H34N4O2. The van der Waals surface area contributed by atoms with Crippen LogP contribution in [0.4, 0.5) is 5.69 Å². The van der Waals surface area contributed by atoms with Gasteiger partial charge in [0.25, 0.3) is 0 Å². The minimum absolute atomic E-state index is 0.0510. The number of nitrogens with zero attached hydrogens (tertiary/aromatic N) is 4. The molecule has 32 heavy (non-hydrogen) atoms. The second-order valence-corrected chi connectivity index (χ2v) is 9.46. The smallest absolute Gasteiger partial charge is 0.227 e. The van der Waals surface area contributed by atoms with E-state index in [-0.39, 0.29) is 11.5 Å². The van der Waals surface area contributed by atoms with Gasteiger partial charge >= 0.3 is 0 Å². The van der Waals surface area contributed by atoms with Crippen LogP contribution < -0.4 is 4.90 Å². The first-order valence-corrected chi connectivity index (χ1v) is 12.1. The molecule has 4 heterocycles. The van der Waals surface area contributed by atoms with Crippen molar-refractivity contribution < 1.29 is 9.53 Å². The minimum Gasteiger partial charge on any atom is -0.375 e. The maximum Gasteiger partial charge on any atom is 0.227 e. The summed E-state index contributed by atoms with van der Waals surface area (Å²) in [6.07, 6.45) is 8.10. The molecule has 0 N–H and O–H groups in total. The van der Waals surface area contributed by atoms with E-state index < -0.39 is 0 Å². The molecule has 6 heteroatoms. The highest BCUT2D eigenvalue weighted by Gasteiger charge is 2.42. The highest BCUT2D eigenvalue weighted by atomic mass is 16.5. The fraction of sp³-hybridized carbons (Fsp3) is 0.538. The van der Waals surface area contributed by atoms with Gasteiger partial charge in [-0.05, 0) is 49.4 Å².